The maximum absolute atomic E-state index is 13.8. The van der Waals surface area contributed by atoms with Crippen molar-refractivity contribution in [2.75, 3.05) is 5.32 Å². The average molecular weight is 320 g/mol. The molecule has 0 saturated carbocycles. The molecule has 0 aromatic heterocycles. The fourth-order valence-corrected chi connectivity index (χ4v) is 2.98. The minimum atomic E-state index is -0.201. The fraction of sp³-hybridized carbons (Fsp3) is 0.250. The van der Waals surface area contributed by atoms with Crippen LogP contribution in [-0.2, 0) is 12.8 Å². The summed E-state index contributed by atoms with van der Waals surface area (Å²) >= 11 is 3.28. The number of hydrogen-bond acceptors (Lipinski definition) is 1. The van der Waals surface area contributed by atoms with Crippen LogP contribution in [0.1, 0.15) is 17.5 Å². The Labute approximate surface area is 121 Å². The van der Waals surface area contributed by atoms with E-state index in [1.165, 1.54) is 17.2 Å². The molecule has 1 unspecified atom stereocenters. The lowest BCUT2D eigenvalue weighted by molar-refractivity contribution is 0.592. The molecule has 0 saturated heterocycles. The summed E-state index contributed by atoms with van der Waals surface area (Å²) in [6.45, 7) is 0. The molecule has 0 spiro atoms. The van der Waals surface area contributed by atoms with Gasteiger partial charge in [0, 0.05) is 10.5 Å². The van der Waals surface area contributed by atoms with E-state index in [4.69, 9.17) is 0 Å². The van der Waals surface area contributed by atoms with Crippen molar-refractivity contribution in [3.63, 3.8) is 0 Å². The molecule has 3 heteroatoms. The molecule has 19 heavy (non-hydrogen) atoms. The molecule has 1 N–H and O–H groups in total. The Balaban J connectivity index is 1.75. The van der Waals surface area contributed by atoms with Crippen molar-refractivity contribution in [2.45, 2.75) is 25.3 Å². The summed E-state index contributed by atoms with van der Waals surface area (Å²) in [5, 5.41) is 3.32. The highest BCUT2D eigenvalue weighted by Crippen LogP contribution is 2.25. The van der Waals surface area contributed by atoms with Crippen LogP contribution in [0.4, 0.5) is 10.1 Å². The zero-order valence-corrected chi connectivity index (χ0v) is 12.1. The predicted octanol–water partition coefficient (Wildman–Crippen LogP) is 4.56. The van der Waals surface area contributed by atoms with Crippen molar-refractivity contribution >= 4 is 21.6 Å². The highest BCUT2D eigenvalue weighted by molar-refractivity contribution is 9.10. The minimum Gasteiger partial charge on any atom is -0.380 e. The van der Waals surface area contributed by atoms with Crippen molar-refractivity contribution in [1.29, 1.82) is 0 Å². The van der Waals surface area contributed by atoms with E-state index in [0.29, 0.717) is 11.7 Å². The molecule has 0 radical (unpaired) electrons. The molecule has 0 aliphatic heterocycles. The van der Waals surface area contributed by atoms with E-state index in [1.54, 1.807) is 6.07 Å². The predicted molar refractivity (Wildman–Crippen MR) is 80.0 cm³/mol. The van der Waals surface area contributed by atoms with Gasteiger partial charge in [0.2, 0.25) is 0 Å². The first-order chi connectivity index (χ1) is 9.22. The van der Waals surface area contributed by atoms with Crippen LogP contribution in [-0.4, -0.2) is 6.04 Å². The summed E-state index contributed by atoms with van der Waals surface area (Å²) in [6.07, 6.45) is 3.07. The van der Waals surface area contributed by atoms with Gasteiger partial charge in [-0.1, -0.05) is 40.2 Å². The Bertz CT molecular complexity index is 597. The maximum Gasteiger partial charge on any atom is 0.147 e. The highest BCUT2D eigenvalue weighted by atomic mass is 79.9. The standard InChI is InChI=1S/C16H15BrFN/c17-13-6-8-16(15(18)10-13)19-14-7-5-11-3-1-2-4-12(11)9-14/h1-4,6,8,10,14,19H,5,7,9H2. The van der Waals surface area contributed by atoms with E-state index in [1.807, 2.05) is 6.07 Å². The lowest BCUT2D eigenvalue weighted by atomic mass is 9.88. The normalized spacial score (nSPS) is 17.9. The quantitative estimate of drug-likeness (QED) is 0.855. The van der Waals surface area contributed by atoms with E-state index in [9.17, 15) is 4.39 Å². The summed E-state index contributed by atoms with van der Waals surface area (Å²) in [4.78, 5) is 0. The van der Waals surface area contributed by atoms with Crippen LogP contribution in [0, 0.1) is 5.82 Å². The third kappa shape index (κ3) is 2.81. The van der Waals surface area contributed by atoms with E-state index >= 15 is 0 Å². The molecular formula is C16H15BrFN. The molecule has 2 aromatic carbocycles. The summed E-state index contributed by atoms with van der Waals surface area (Å²) in [5.74, 6) is -0.201. The number of hydrogen-bond donors (Lipinski definition) is 1. The van der Waals surface area contributed by atoms with Crippen LogP contribution in [0.15, 0.2) is 46.9 Å². The number of fused-ring (bicyclic) bond motifs is 1. The average Bonchev–Trinajstić information content (AvgIpc) is 2.42. The van der Waals surface area contributed by atoms with Gasteiger partial charge in [-0.2, -0.15) is 0 Å². The molecule has 0 fully saturated rings. The Morgan fingerprint density at radius 2 is 1.89 bits per heavy atom. The lowest BCUT2D eigenvalue weighted by Gasteiger charge is -2.26. The van der Waals surface area contributed by atoms with Gasteiger partial charge in [-0.05, 0) is 48.6 Å². The van der Waals surface area contributed by atoms with Crippen molar-refractivity contribution in [3.8, 4) is 0 Å². The van der Waals surface area contributed by atoms with Gasteiger partial charge in [0.05, 0.1) is 5.69 Å². The van der Waals surface area contributed by atoms with Crippen molar-refractivity contribution < 1.29 is 4.39 Å². The fourth-order valence-electron chi connectivity index (χ4n) is 2.65. The zero-order valence-electron chi connectivity index (χ0n) is 10.5. The Morgan fingerprint density at radius 3 is 2.68 bits per heavy atom. The summed E-state index contributed by atoms with van der Waals surface area (Å²) in [5.41, 5.74) is 3.40. The van der Waals surface area contributed by atoms with Crippen molar-refractivity contribution in [3.05, 3.63) is 63.9 Å². The molecule has 98 valence electrons. The number of rotatable bonds is 2. The van der Waals surface area contributed by atoms with Crippen LogP contribution in [0.3, 0.4) is 0 Å². The largest absolute Gasteiger partial charge is 0.380 e. The van der Waals surface area contributed by atoms with Crippen LogP contribution in [0.25, 0.3) is 0 Å². The van der Waals surface area contributed by atoms with Crippen molar-refractivity contribution in [2.24, 2.45) is 0 Å². The van der Waals surface area contributed by atoms with Crippen LogP contribution >= 0.6 is 15.9 Å². The van der Waals surface area contributed by atoms with Crippen LogP contribution < -0.4 is 5.32 Å². The minimum absolute atomic E-state index is 0.201. The Kier molecular flexibility index (Phi) is 3.56. The smallest absolute Gasteiger partial charge is 0.147 e. The van der Waals surface area contributed by atoms with E-state index < -0.39 is 0 Å². The first kappa shape index (κ1) is 12.7. The summed E-state index contributed by atoms with van der Waals surface area (Å²) in [6, 6.07) is 14.0. The third-order valence-electron chi connectivity index (χ3n) is 3.64. The molecule has 1 atom stereocenters. The lowest BCUT2D eigenvalue weighted by Crippen LogP contribution is -2.27. The van der Waals surface area contributed by atoms with Gasteiger partial charge < -0.3 is 5.32 Å². The summed E-state index contributed by atoms with van der Waals surface area (Å²) < 4.78 is 14.6. The van der Waals surface area contributed by atoms with Gasteiger partial charge in [0.1, 0.15) is 5.82 Å². The van der Waals surface area contributed by atoms with Crippen LogP contribution in [0.2, 0.25) is 0 Å². The topological polar surface area (TPSA) is 12.0 Å². The van der Waals surface area contributed by atoms with Gasteiger partial charge in [-0.25, -0.2) is 4.39 Å². The van der Waals surface area contributed by atoms with Gasteiger partial charge in [-0.15, -0.1) is 0 Å². The maximum atomic E-state index is 13.8. The molecular weight excluding hydrogens is 305 g/mol. The molecule has 1 nitrogen and oxygen atoms in total. The second-order valence-corrected chi connectivity index (χ2v) is 5.89. The second kappa shape index (κ2) is 5.33. The number of benzene rings is 2. The van der Waals surface area contributed by atoms with E-state index in [-0.39, 0.29) is 5.82 Å². The Morgan fingerprint density at radius 1 is 1.11 bits per heavy atom. The number of anilines is 1. The zero-order chi connectivity index (χ0) is 13.2. The number of aryl methyl sites for hydroxylation is 1. The van der Waals surface area contributed by atoms with Gasteiger partial charge in [-0.3, -0.25) is 0 Å². The number of halogens is 2. The van der Waals surface area contributed by atoms with E-state index in [0.717, 1.165) is 23.7 Å². The third-order valence-corrected chi connectivity index (χ3v) is 4.13. The number of nitrogens with one attached hydrogen (secondary N) is 1. The summed E-state index contributed by atoms with van der Waals surface area (Å²) in [7, 11) is 0. The molecule has 1 aliphatic carbocycles. The molecule has 3 rings (SSSR count). The highest BCUT2D eigenvalue weighted by Gasteiger charge is 2.18. The van der Waals surface area contributed by atoms with Crippen LogP contribution in [0.5, 0.6) is 0 Å². The van der Waals surface area contributed by atoms with Crippen molar-refractivity contribution in [1.82, 2.24) is 0 Å². The Hall–Kier alpha value is -1.35. The first-order valence-electron chi connectivity index (χ1n) is 6.51. The van der Waals surface area contributed by atoms with Gasteiger partial charge in [0.15, 0.2) is 0 Å². The molecule has 0 bridgehead atoms. The van der Waals surface area contributed by atoms with Gasteiger partial charge >= 0.3 is 0 Å². The first-order valence-corrected chi connectivity index (χ1v) is 7.30. The SMILES string of the molecule is Fc1cc(Br)ccc1NC1CCc2ccccc2C1. The molecule has 0 heterocycles. The van der Waals surface area contributed by atoms with Gasteiger partial charge in [0.25, 0.3) is 0 Å². The second-order valence-electron chi connectivity index (χ2n) is 4.98. The molecule has 0 amide bonds. The molecule has 1 aliphatic rings. The molecule has 2 aromatic rings. The van der Waals surface area contributed by atoms with E-state index in [2.05, 4.69) is 45.5 Å². The monoisotopic (exact) mass is 319 g/mol.